The molecule has 1 aliphatic rings. The Hall–Kier alpha value is -1.36. The quantitative estimate of drug-likeness (QED) is 0.784. The summed E-state index contributed by atoms with van der Waals surface area (Å²) in [5.41, 5.74) is 1.23. The first-order valence-electron chi connectivity index (χ1n) is 7.16. The van der Waals surface area contributed by atoms with Crippen molar-refractivity contribution < 1.29 is 14.3 Å². The Bertz CT molecular complexity index is 436. The highest BCUT2D eigenvalue weighted by Crippen LogP contribution is 2.20. The van der Waals surface area contributed by atoms with E-state index in [1.807, 2.05) is 17.2 Å². The number of hydrogen-bond donors (Lipinski definition) is 0. The minimum Gasteiger partial charge on any atom is -0.466 e. The summed E-state index contributed by atoms with van der Waals surface area (Å²) in [6, 6.07) is 2.06. The summed E-state index contributed by atoms with van der Waals surface area (Å²) in [4.78, 5) is 25.6. The zero-order chi connectivity index (χ0) is 14.4. The smallest absolute Gasteiger partial charge is 0.309 e. The lowest BCUT2D eigenvalue weighted by Gasteiger charge is -2.31. The fraction of sp³-hybridized carbons (Fsp3) is 0.600. The maximum Gasteiger partial charge on any atom is 0.309 e. The van der Waals surface area contributed by atoms with E-state index < -0.39 is 0 Å². The van der Waals surface area contributed by atoms with Gasteiger partial charge in [-0.05, 0) is 48.6 Å². The Morgan fingerprint density at radius 2 is 2.15 bits per heavy atom. The fourth-order valence-corrected chi connectivity index (χ4v) is 3.17. The average molecular weight is 295 g/mol. The van der Waals surface area contributed by atoms with E-state index in [1.54, 1.807) is 11.3 Å². The van der Waals surface area contributed by atoms with E-state index in [4.69, 9.17) is 4.74 Å². The Morgan fingerprint density at radius 3 is 2.75 bits per heavy atom. The van der Waals surface area contributed by atoms with Gasteiger partial charge in [-0.15, -0.1) is 0 Å². The summed E-state index contributed by atoms with van der Waals surface area (Å²) in [7, 11) is 0. The molecule has 1 aromatic heterocycles. The molecule has 1 aliphatic heterocycles. The summed E-state index contributed by atoms with van der Waals surface area (Å²) in [5, 5.41) is 4.12. The summed E-state index contributed by atoms with van der Waals surface area (Å²) < 4.78 is 5.03. The molecule has 1 fully saturated rings. The number of likely N-dealkylation sites (tertiary alicyclic amines) is 1. The molecule has 0 unspecified atom stereocenters. The molecular formula is C15H21NO3S. The van der Waals surface area contributed by atoms with Crippen molar-refractivity contribution in [1.82, 2.24) is 4.90 Å². The highest BCUT2D eigenvalue weighted by molar-refractivity contribution is 7.07. The van der Waals surface area contributed by atoms with Crippen LogP contribution in [0.15, 0.2) is 16.8 Å². The highest BCUT2D eigenvalue weighted by Gasteiger charge is 2.27. The van der Waals surface area contributed by atoms with Crippen LogP contribution >= 0.6 is 11.3 Å². The van der Waals surface area contributed by atoms with Crippen molar-refractivity contribution >= 4 is 23.2 Å². The van der Waals surface area contributed by atoms with Crippen LogP contribution in [0.2, 0.25) is 0 Å². The van der Waals surface area contributed by atoms with Gasteiger partial charge in [-0.25, -0.2) is 0 Å². The maximum atomic E-state index is 12.1. The van der Waals surface area contributed by atoms with Crippen LogP contribution in [0.25, 0.3) is 0 Å². The van der Waals surface area contributed by atoms with Gasteiger partial charge in [-0.3, -0.25) is 9.59 Å². The molecule has 0 aliphatic carbocycles. The molecule has 2 heterocycles. The van der Waals surface area contributed by atoms with Crippen molar-refractivity contribution in [3.05, 3.63) is 22.4 Å². The second-order valence-corrected chi connectivity index (χ2v) is 5.82. The summed E-state index contributed by atoms with van der Waals surface area (Å²) in [6.45, 7) is 3.59. The van der Waals surface area contributed by atoms with Gasteiger partial charge in [0, 0.05) is 19.5 Å². The van der Waals surface area contributed by atoms with Crippen LogP contribution in [0.3, 0.4) is 0 Å². The number of piperidine rings is 1. The van der Waals surface area contributed by atoms with E-state index in [2.05, 4.69) is 11.4 Å². The lowest BCUT2D eigenvalue weighted by Crippen LogP contribution is -2.40. The number of carbonyl (C=O) groups excluding carboxylic acids is 2. The molecule has 0 spiro atoms. The first-order chi connectivity index (χ1) is 9.70. The van der Waals surface area contributed by atoms with Crippen molar-refractivity contribution in [2.24, 2.45) is 5.92 Å². The third kappa shape index (κ3) is 4.07. The molecule has 0 bridgehead atoms. The molecular weight excluding hydrogens is 274 g/mol. The number of ether oxygens (including phenoxy) is 1. The van der Waals surface area contributed by atoms with Crippen molar-refractivity contribution in [2.45, 2.75) is 32.6 Å². The van der Waals surface area contributed by atoms with Gasteiger partial charge in [-0.1, -0.05) is 0 Å². The van der Waals surface area contributed by atoms with E-state index in [0.29, 0.717) is 26.1 Å². The average Bonchev–Trinajstić information content (AvgIpc) is 2.98. The number of esters is 1. The van der Waals surface area contributed by atoms with Crippen LogP contribution in [0.5, 0.6) is 0 Å². The standard InChI is InChI=1S/C15H21NO3S/c1-2-19-15(18)13-5-8-16(9-6-13)14(17)4-3-12-7-10-20-11-12/h7,10-11,13H,2-6,8-9H2,1H3. The van der Waals surface area contributed by atoms with Crippen LogP contribution in [0, 0.1) is 5.92 Å². The Labute approximate surface area is 123 Å². The minimum atomic E-state index is -0.113. The van der Waals surface area contributed by atoms with E-state index in [1.165, 1.54) is 5.56 Å². The SMILES string of the molecule is CCOC(=O)C1CCN(C(=O)CCc2ccsc2)CC1. The monoisotopic (exact) mass is 295 g/mol. The topological polar surface area (TPSA) is 46.6 Å². The Morgan fingerprint density at radius 1 is 1.40 bits per heavy atom. The number of hydrogen-bond acceptors (Lipinski definition) is 4. The lowest BCUT2D eigenvalue weighted by molar-refractivity contribution is -0.151. The van der Waals surface area contributed by atoms with E-state index in [-0.39, 0.29) is 17.8 Å². The van der Waals surface area contributed by atoms with Crippen LogP contribution in [0.4, 0.5) is 0 Å². The van der Waals surface area contributed by atoms with Gasteiger partial charge in [0.1, 0.15) is 0 Å². The van der Waals surface area contributed by atoms with Gasteiger partial charge < -0.3 is 9.64 Å². The van der Waals surface area contributed by atoms with Crippen LogP contribution < -0.4 is 0 Å². The number of carbonyl (C=O) groups is 2. The zero-order valence-corrected chi connectivity index (χ0v) is 12.7. The van der Waals surface area contributed by atoms with Crippen molar-refractivity contribution in [3.63, 3.8) is 0 Å². The number of amides is 1. The molecule has 2 rings (SSSR count). The Kier molecular flexibility index (Phi) is 5.59. The lowest BCUT2D eigenvalue weighted by atomic mass is 9.96. The fourth-order valence-electron chi connectivity index (χ4n) is 2.47. The van der Waals surface area contributed by atoms with Crippen LogP contribution in [-0.4, -0.2) is 36.5 Å². The predicted octanol–water partition coefficient (Wildman–Crippen LogP) is 2.48. The molecule has 1 amide bonds. The van der Waals surface area contributed by atoms with Crippen LogP contribution in [-0.2, 0) is 20.7 Å². The van der Waals surface area contributed by atoms with Gasteiger partial charge in [0.15, 0.2) is 0 Å². The molecule has 1 aromatic rings. The van der Waals surface area contributed by atoms with Gasteiger partial charge in [-0.2, -0.15) is 11.3 Å². The maximum absolute atomic E-state index is 12.1. The molecule has 5 heteroatoms. The predicted molar refractivity (Wildman–Crippen MR) is 78.6 cm³/mol. The molecule has 0 saturated carbocycles. The molecule has 110 valence electrons. The number of aryl methyl sites for hydroxylation is 1. The number of nitrogens with zero attached hydrogens (tertiary/aromatic N) is 1. The summed E-state index contributed by atoms with van der Waals surface area (Å²) in [5.74, 6) is 0.0484. The first kappa shape index (κ1) is 15.0. The normalized spacial score (nSPS) is 16.1. The van der Waals surface area contributed by atoms with E-state index in [9.17, 15) is 9.59 Å². The second kappa shape index (κ2) is 7.43. The van der Waals surface area contributed by atoms with Gasteiger partial charge >= 0.3 is 5.97 Å². The number of thiophene rings is 1. The second-order valence-electron chi connectivity index (χ2n) is 5.04. The van der Waals surface area contributed by atoms with E-state index in [0.717, 1.165) is 19.3 Å². The Balaban J connectivity index is 1.73. The molecule has 1 saturated heterocycles. The van der Waals surface area contributed by atoms with Crippen molar-refractivity contribution in [3.8, 4) is 0 Å². The van der Waals surface area contributed by atoms with Crippen molar-refractivity contribution in [2.75, 3.05) is 19.7 Å². The summed E-state index contributed by atoms with van der Waals surface area (Å²) in [6.07, 6.45) is 2.81. The molecule has 0 atom stereocenters. The molecule has 0 radical (unpaired) electrons. The van der Waals surface area contributed by atoms with E-state index >= 15 is 0 Å². The van der Waals surface area contributed by atoms with Gasteiger partial charge in [0.25, 0.3) is 0 Å². The molecule has 0 aromatic carbocycles. The van der Waals surface area contributed by atoms with Gasteiger partial charge in [0.2, 0.25) is 5.91 Å². The zero-order valence-electron chi connectivity index (χ0n) is 11.8. The third-order valence-corrected chi connectivity index (χ3v) is 4.41. The largest absolute Gasteiger partial charge is 0.466 e. The highest BCUT2D eigenvalue weighted by atomic mass is 32.1. The summed E-state index contributed by atoms with van der Waals surface area (Å²) >= 11 is 1.66. The van der Waals surface area contributed by atoms with Crippen LogP contribution in [0.1, 0.15) is 31.7 Å². The van der Waals surface area contributed by atoms with Gasteiger partial charge in [0.05, 0.1) is 12.5 Å². The first-order valence-corrected chi connectivity index (χ1v) is 8.10. The van der Waals surface area contributed by atoms with Crippen molar-refractivity contribution in [1.29, 1.82) is 0 Å². The number of rotatable bonds is 5. The minimum absolute atomic E-state index is 0.0316. The molecule has 0 N–H and O–H groups in total. The molecule has 20 heavy (non-hydrogen) atoms. The third-order valence-electron chi connectivity index (χ3n) is 3.68. The molecule has 4 nitrogen and oxygen atoms in total.